The molecule has 2 aromatic heterocycles. The van der Waals surface area contributed by atoms with Crippen molar-refractivity contribution in [3.63, 3.8) is 0 Å². The molecular formula is C17H14ClFN4O2S. The standard InChI is InChI=1S/C17H14ClFN4O2S/c18-15-6-5-12(10-21-15)26-16-9-11(7-8-20-17(24)25)22-23(16)14-4-2-1-3-13(14)19/h1-6,9-10,20H,7-8H2,(H,24,25). The molecule has 3 aromatic rings. The fourth-order valence-corrected chi connectivity index (χ4v) is 3.26. The highest BCUT2D eigenvalue weighted by Crippen LogP contribution is 2.31. The molecule has 0 saturated heterocycles. The summed E-state index contributed by atoms with van der Waals surface area (Å²) in [4.78, 5) is 15.4. The van der Waals surface area contributed by atoms with Crippen molar-refractivity contribution in [3.8, 4) is 5.69 Å². The van der Waals surface area contributed by atoms with E-state index in [9.17, 15) is 9.18 Å². The lowest BCUT2D eigenvalue weighted by Gasteiger charge is -2.08. The molecule has 2 N–H and O–H groups in total. The fourth-order valence-electron chi connectivity index (χ4n) is 2.24. The van der Waals surface area contributed by atoms with E-state index in [0.717, 1.165) is 4.90 Å². The van der Waals surface area contributed by atoms with Crippen molar-refractivity contribution >= 4 is 29.5 Å². The molecule has 0 saturated carbocycles. The third-order valence-electron chi connectivity index (χ3n) is 3.39. The van der Waals surface area contributed by atoms with Gasteiger partial charge in [0.25, 0.3) is 0 Å². The van der Waals surface area contributed by atoms with Crippen molar-refractivity contribution in [1.29, 1.82) is 0 Å². The van der Waals surface area contributed by atoms with Gasteiger partial charge in [-0.15, -0.1) is 0 Å². The number of pyridine rings is 1. The Hall–Kier alpha value is -2.58. The first-order valence-corrected chi connectivity index (χ1v) is 8.82. The first-order valence-electron chi connectivity index (χ1n) is 7.63. The first-order chi connectivity index (χ1) is 12.5. The minimum absolute atomic E-state index is 0.218. The molecular weight excluding hydrogens is 379 g/mol. The van der Waals surface area contributed by atoms with Crippen LogP contribution in [0, 0.1) is 5.82 Å². The smallest absolute Gasteiger partial charge is 0.404 e. The quantitative estimate of drug-likeness (QED) is 0.619. The number of halogens is 2. The molecule has 134 valence electrons. The molecule has 0 unspecified atom stereocenters. The van der Waals surface area contributed by atoms with Crippen LogP contribution in [0.25, 0.3) is 5.69 Å². The Bertz CT molecular complexity index is 917. The van der Waals surface area contributed by atoms with E-state index in [0.29, 0.717) is 28.0 Å². The molecule has 0 aliphatic carbocycles. The predicted molar refractivity (Wildman–Crippen MR) is 96.6 cm³/mol. The summed E-state index contributed by atoms with van der Waals surface area (Å²) in [7, 11) is 0. The van der Waals surface area contributed by atoms with Crippen LogP contribution in [0.5, 0.6) is 0 Å². The average Bonchev–Trinajstić information content (AvgIpc) is 2.99. The maximum Gasteiger partial charge on any atom is 0.404 e. The maximum atomic E-state index is 14.2. The Balaban J connectivity index is 1.92. The number of amides is 1. The maximum absolute atomic E-state index is 14.2. The van der Waals surface area contributed by atoms with E-state index in [1.165, 1.54) is 22.5 Å². The van der Waals surface area contributed by atoms with Crippen LogP contribution >= 0.6 is 23.4 Å². The zero-order valence-electron chi connectivity index (χ0n) is 13.4. The van der Waals surface area contributed by atoms with E-state index in [1.54, 1.807) is 36.5 Å². The summed E-state index contributed by atoms with van der Waals surface area (Å²) < 4.78 is 15.7. The molecule has 1 amide bonds. The van der Waals surface area contributed by atoms with Crippen molar-refractivity contribution in [2.24, 2.45) is 0 Å². The molecule has 1 aromatic carbocycles. The van der Waals surface area contributed by atoms with Crippen LogP contribution in [-0.2, 0) is 6.42 Å². The minimum Gasteiger partial charge on any atom is -0.465 e. The number of carbonyl (C=O) groups is 1. The Labute approximate surface area is 158 Å². The van der Waals surface area contributed by atoms with Crippen LogP contribution in [0.1, 0.15) is 5.69 Å². The third-order valence-corrected chi connectivity index (χ3v) is 4.59. The van der Waals surface area contributed by atoms with Crippen molar-refractivity contribution < 1.29 is 14.3 Å². The Morgan fingerprint density at radius 3 is 2.81 bits per heavy atom. The first kappa shape index (κ1) is 18.2. The number of carboxylic acid groups (broad SMARTS) is 1. The Morgan fingerprint density at radius 1 is 1.31 bits per heavy atom. The van der Waals surface area contributed by atoms with Gasteiger partial charge in [0, 0.05) is 24.1 Å². The van der Waals surface area contributed by atoms with Gasteiger partial charge in [0.2, 0.25) is 0 Å². The van der Waals surface area contributed by atoms with E-state index in [1.807, 2.05) is 6.07 Å². The normalized spacial score (nSPS) is 10.7. The van der Waals surface area contributed by atoms with Gasteiger partial charge in [-0.2, -0.15) is 5.10 Å². The summed E-state index contributed by atoms with van der Waals surface area (Å²) >= 11 is 7.17. The summed E-state index contributed by atoms with van der Waals surface area (Å²) in [6.45, 7) is 0.218. The number of para-hydroxylation sites is 1. The molecule has 0 spiro atoms. The second-order valence-electron chi connectivity index (χ2n) is 5.24. The van der Waals surface area contributed by atoms with Crippen molar-refractivity contribution in [3.05, 3.63) is 65.3 Å². The highest BCUT2D eigenvalue weighted by molar-refractivity contribution is 7.99. The van der Waals surface area contributed by atoms with Gasteiger partial charge in [0.05, 0.1) is 5.69 Å². The molecule has 0 radical (unpaired) electrons. The topological polar surface area (TPSA) is 80.0 Å². The van der Waals surface area contributed by atoms with E-state index < -0.39 is 11.9 Å². The molecule has 0 fully saturated rings. The summed E-state index contributed by atoms with van der Waals surface area (Å²) in [6.07, 6.45) is 0.915. The number of hydrogen-bond acceptors (Lipinski definition) is 4. The molecule has 26 heavy (non-hydrogen) atoms. The molecule has 0 bridgehead atoms. The van der Waals surface area contributed by atoms with Gasteiger partial charge < -0.3 is 10.4 Å². The summed E-state index contributed by atoms with van der Waals surface area (Å²) in [6, 6.07) is 11.6. The molecule has 3 rings (SSSR count). The largest absolute Gasteiger partial charge is 0.465 e. The van der Waals surface area contributed by atoms with E-state index in [2.05, 4.69) is 15.4 Å². The number of aromatic nitrogens is 3. The van der Waals surface area contributed by atoms with Gasteiger partial charge in [-0.1, -0.05) is 35.5 Å². The lowest BCUT2D eigenvalue weighted by Crippen LogP contribution is -2.23. The number of benzene rings is 1. The van der Waals surface area contributed by atoms with Gasteiger partial charge in [-0.05, 0) is 30.3 Å². The minimum atomic E-state index is -1.10. The third kappa shape index (κ3) is 4.53. The molecule has 2 heterocycles. The van der Waals surface area contributed by atoms with Gasteiger partial charge in [-0.3, -0.25) is 0 Å². The van der Waals surface area contributed by atoms with Crippen molar-refractivity contribution in [2.75, 3.05) is 6.54 Å². The van der Waals surface area contributed by atoms with Crippen LogP contribution < -0.4 is 5.32 Å². The van der Waals surface area contributed by atoms with Gasteiger partial charge in [0.15, 0.2) is 0 Å². The van der Waals surface area contributed by atoms with Crippen LogP contribution in [0.4, 0.5) is 9.18 Å². The van der Waals surface area contributed by atoms with Crippen LogP contribution in [0.2, 0.25) is 5.15 Å². The second kappa shape index (κ2) is 8.20. The van der Waals surface area contributed by atoms with Gasteiger partial charge in [0.1, 0.15) is 21.7 Å². The molecule has 0 aliphatic rings. The summed E-state index contributed by atoms with van der Waals surface area (Å²) in [5.41, 5.74) is 0.959. The van der Waals surface area contributed by atoms with Crippen molar-refractivity contribution in [2.45, 2.75) is 16.3 Å². The van der Waals surface area contributed by atoms with Gasteiger partial charge >= 0.3 is 6.09 Å². The molecule has 0 aliphatic heterocycles. The molecule has 6 nitrogen and oxygen atoms in total. The predicted octanol–water partition coefficient (Wildman–Crippen LogP) is 4.02. The number of nitrogens with zero attached hydrogens (tertiary/aromatic N) is 3. The highest BCUT2D eigenvalue weighted by Gasteiger charge is 2.14. The lowest BCUT2D eigenvalue weighted by molar-refractivity contribution is 0.194. The van der Waals surface area contributed by atoms with Crippen LogP contribution in [0.3, 0.4) is 0 Å². The zero-order valence-corrected chi connectivity index (χ0v) is 15.0. The molecule has 0 atom stereocenters. The number of hydrogen-bond donors (Lipinski definition) is 2. The van der Waals surface area contributed by atoms with E-state index >= 15 is 0 Å². The summed E-state index contributed by atoms with van der Waals surface area (Å²) in [5.74, 6) is -0.401. The van der Waals surface area contributed by atoms with E-state index in [4.69, 9.17) is 16.7 Å². The Kier molecular flexibility index (Phi) is 5.75. The number of rotatable bonds is 6. The monoisotopic (exact) mass is 392 g/mol. The van der Waals surface area contributed by atoms with Gasteiger partial charge in [-0.25, -0.2) is 18.9 Å². The van der Waals surface area contributed by atoms with Crippen LogP contribution in [-0.4, -0.2) is 32.5 Å². The second-order valence-corrected chi connectivity index (χ2v) is 6.72. The van der Waals surface area contributed by atoms with E-state index in [-0.39, 0.29) is 6.54 Å². The Morgan fingerprint density at radius 2 is 2.12 bits per heavy atom. The summed E-state index contributed by atoms with van der Waals surface area (Å²) in [5, 5.41) is 16.5. The SMILES string of the molecule is O=C(O)NCCc1cc(Sc2ccc(Cl)nc2)n(-c2ccccc2F)n1. The highest BCUT2D eigenvalue weighted by atomic mass is 35.5. The zero-order chi connectivity index (χ0) is 18.5. The number of nitrogens with one attached hydrogen (secondary N) is 1. The average molecular weight is 393 g/mol. The molecule has 9 heteroatoms. The van der Waals surface area contributed by atoms with Crippen LogP contribution in [0.15, 0.2) is 58.6 Å². The van der Waals surface area contributed by atoms with Crippen molar-refractivity contribution in [1.82, 2.24) is 20.1 Å². The fraction of sp³-hybridized carbons (Fsp3) is 0.118. The lowest BCUT2D eigenvalue weighted by atomic mass is 10.3.